The molecule has 0 atom stereocenters. The van der Waals surface area contributed by atoms with Gasteiger partial charge in [0.15, 0.2) is 0 Å². The van der Waals surface area contributed by atoms with E-state index >= 15 is 0 Å². The fourth-order valence-electron chi connectivity index (χ4n) is 3.74. The molecule has 0 spiro atoms. The molecule has 2 heterocycles. The third-order valence-electron chi connectivity index (χ3n) is 5.62. The van der Waals surface area contributed by atoms with Crippen LogP contribution in [0.5, 0.6) is 5.75 Å². The number of aromatic nitrogens is 2. The lowest BCUT2D eigenvalue weighted by molar-refractivity contribution is -0.126. The van der Waals surface area contributed by atoms with Crippen LogP contribution in [0.25, 0.3) is 11.4 Å². The van der Waals surface area contributed by atoms with Crippen LogP contribution in [0.1, 0.15) is 18.7 Å². The standard InChI is InChI=1S/C24H27ClN4O3S/c1-31-20-6-2-17(3-7-20)23-27-22(32-28-23)16-29-13-10-18(11-14-29)24(30)26-12-15-33-21-8-4-19(25)5-9-21/h2-9,18H,10-16H2,1H3,(H,26,30). The molecule has 1 aliphatic rings. The molecule has 1 aliphatic heterocycles. The number of halogens is 1. The normalized spacial score (nSPS) is 14.8. The number of carbonyl (C=O) groups is 1. The first kappa shape index (κ1) is 23.6. The van der Waals surface area contributed by atoms with Crippen molar-refractivity contribution in [3.63, 3.8) is 0 Å². The van der Waals surface area contributed by atoms with E-state index in [4.69, 9.17) is 20.9 Å². The minimum Gasteiger partial charge on any atom is -0.497 e. The van der Waals surface area contributed by atoms with Crippen LogP contribution in [0, 0.1) is 5.92 Å². The number of ether oxygens (including phenoxy) is 1. The molecule has 0 radical (unpaired) electrons. The Labute approximate surface area is 202 Å². The van der Waals surface area contributed by atoms with E-state index in [9.17, 15) is 4.79 Å². The Bertz CT molecular complexity index is 1030. The zero-order chi connectivity index (χ0) is 23.0. The number of nitrogens with zero attached hydrogens (tertiary/aromatic N) is 3. The van der Waals surface area contributed by atoms with Crippen molar-refractivity contribution in [2.45, 2.75) is 24.3 Å². The molecule has 1 fully saturated rings. The van der Waals surface area contributed by atoms with Gasteiger partial charge in [-0.3, -0.25) is 9.69 Å². The van der Waals surface area contributed by atoms with Gasteiger partial charge in [-0.05, 0) is 74.5 Å². The molecule has 0 aliphatic carbocycles. The van der Waals surface area contributed by atoms with Gasteiger partial charge in [0.25, 0.3) is 0 Å². The van der Waals surface area contributed by atoms with Crippen molar-refractivity contribution < 1.29 is 14.1 Å². The Hall–Kier alpha value is -2.55. The molecule has 4 rings (SSSR count). The number of nitrogens with one attached hydrogen (secondary N) is 1. The summed E-state index contributed by atoms with van der Waals surface area (Å²) >= 11 is 7.62. The number of hydrogen-bond donors (Lipinski definition) is 1. The van der Waals surface area contributed by atoms with Gasteiger partial charge in [-0.15, -0.1) is 11.8 Å². The van der Waals surface area contributed by atoms with E-state index in [0.29, 0.717) is 24.8 Å². The lowest BCUT2D eigenvalue weighted by atomic mass is 9.96. The summed E-state index contributed by atoms with van der Waals surface area (Å²) in [5, 5.41) is 7.90. The van der Waals surface area contributed by atoms with Crippen molar-refractivity contribution >= 4 is 29.3 Å². The summed E-state index contributed by atoms with van der Waals surface area (Å²) in [6.45, 7) is 2.91. The average Bonchev–Trinajstić information content (AvgIpc) is 3.32. The minimum absolute atomic E-state index is 0.0549. The lowest BCUT2D eigenvalue weighted by Gasteiger charge is -2.30. The Kier molecular flexibility index (Phi) is 8.25. The summed E-state index contributed by atoms with van der Waals surface area (Å²) < 4.78 is 10.6. The number of hydrogen-bond acceptors (Lipinski definition) is 7. The Balaban J connectivity index is 1.17. The van der Waals surface area contributed by atoms with Gasteiger partial charge in [0, 0.05) is 33.7 Å². The van der Waals surface area contributed by atoms with Gasteiger partial charge >= 0.3 is 0 Å². The van der Waals surface area contributed by atoms with Gasteiger partial charge < -0.3 is 14.6 Å². The maximum absolute atomic E-state index is 12.5. The van der Waals surface area contributed by atoms with Gasteiger partial charge in [-0.2, -0.15) is 4.98 Å². The molecule has 1 saturated heterocycles. The molecular formula is C24H27ClN4O3S. The van der Waals surface area contributed by atoms with Crippen LogP contribution in [0.15, 0.2) is 57.9 Å². The first-order valence-electron chi connectivity index (χ1n) is 11.0. The van der Waals surface area contributed by atoms with E-state index in [-0.39, 0.29) is 11.8 Å². The largest absolute Gasteiger partial charge is 0.497 e. The van der Waals surface area contributed by atoms with Gasteiger partial charge in [0.1, 0.15) is 5.75 Å². The fourth-order valence-corrected chi connectivity index (χ4v) is 4.63. The second kappa shape index (κ2) is 11.5. The van der Waals surface area contributed by atoms with E-state index in [2.05, 4.69) is 20.4 Å². The lowest BCUT2D eigenvalue weighted by Crippen LogP contribution is -2.40. The van der Waals surface area contributed by atoms with Crippen molar-refractivity contribution in [3.8, 4) is 17.1 Å². The number of methoxy groups -OCH3 is 1. The molecule has 174 valence electrons. The first-order valence-corrected chi connectivity index (χ1v) is 12.3. The van der Waals surface area contributed by atoms with Crippen LogP contribution in [0.3, 0.4) is 0 Å². The molecule has 3 aromatic rings. The maximum Gasteiger partial charge on any atom is 0.241 e. The van der Waals surface area contributed by atoms with Crippen LogP contribution >= 0.6 is 23.4 Å². The van der Waals surface area contributed by atoms with Crippen molar-refractivity contribution in [1.29, 1.82) is 0 Å². The number of amides is 1. The quantitative estimate of drug-likeness (QED) is 0.352. The average molecular weight is 487 g/mol. The van der Waals surface area contributed by atoms with Crippen LogP contribution in [-0.2, 0) is 11.3 Å². The van der Waals surface area contributed by atoms with E-state index in [1.807, 2.05) is 48.5 Å². The Morgan fingerprint density at radius 2 is 1.91 bits per heavy atom. The van der Waals surface area contributed by atoms with Crippen molar-refractivity contribution in [1.82, 2.24) is 20.4 Å². The van der Waals surface area contributed by atoms with Gasteiger partial charge in [0.05, 0.1) is 13.7 Å². The third kappa shape index (κ3) is 6.72. The van der Waals surface area contributed by atoms with Crippen molar-refractivity contribution in [2.75, 3.05) is 32.5 Å². The molecule has 1 N–H and O–H groups in total. The zero-order valence-electron chi connectivity index (χ0n) is 18.5. The molecule has 2 aromatic carbocycles. The maximum atomic E-state index is 12.5. The summed E-state index contributed by atoms with van der Waals surface area (Å²) in [6, 6.07) is 15.3. The molecule has 7 nitrogen and oxygen atoms in total. The van der Waals surface area contributed by atoms with Crippen LogP contribution in [-0.4, -0.2) is 53.4 Å². The smallest absolute Gasteiger partial charge is 0.241 e. The topological polar surface area (TPSA) is 80.5 Å². The number of rotatable bonds is 9. The van der Waals surface area contributed by atoms with Crippen LogP contribution in [0.4, 0.5) is 0 Å². The number of likely N-dealkylation sites (tertiary alicyclic amines) is 1. The highest BCUT2D eigenvalue weighted by Crippen LogP contribution is 2.23. The molecule has 1 amide bonds. The molecule has 1 aromatic heterocycles. The SMILES string of the molecule is COc1ccc(-c2noc(CN3CCC(C(=O)NCCSc4ccc(Cl)cc4)CC3)n2)cc1. The minimum atomic E-state index is 0.0549. The predicted octanol–water partition coefficient (Wildman–Crippen LogP) is 4.52. The predicted molar refractivity (Wildman–Crippen MR) is 129 cm³/mol. The first-order chi connectivity index (χ1) is 16.1. The summed E-state index contributed by atoms with van der Waals surface area (Å²) in [5.41, 5.74) is 0.885. The number of thioether (sulfide) groups is 1. The van der Waals surface area contributed by atoms with Crippen molar-refractivity contribution in [3.05, 3.63) is 59.4 Å². The summed E-state index contributed by atoms with van der Waals surface area (Å²) in [6.07, 6.45) is 1.66. The number of piperidine rings is 1. The Morgan fingerprint density at radius 3 is 2.61 bits per heavy atom. The van der Waals surface area contributed by atoms with E-state index < -0.39 is 0 Å². The summed E-state index contributed by atoms with van der Waals surface area (Å²) in [5.74, 6) is 2.97. The van der Waals surface area contributed by atoms with Crippen LogP contribution < -0.4 is 10.1 Å². The summed E-state index contributed by atoms with van der Waals surface area (Å²) in [7, 11) is 1.64. The molecule has 9 heteroatoms. The molecular weight excluding hydrogens is 460 g/mol. The fraction of sp³-hybridized carbons (Fsp3) is 0.375. The molecule has 0 bridgehead atoms. The molecule has 33 heavy (non-hydrogen) atoms. The summed E-state index contributed by atoms with van der Waals surface area (Å²) in [4.78, 5) is 20.4. The highest BCUT2D eigenvalue weighted by Gasteiger charge is 2.25. The van der Waals surface area contributed by atoms with Crippen LogP contribution in [0.2, 0.25) is 5.02 Å². The van der Waals surface area contributed by atoms with Gasteiger partial charge in [0.2, 0.25) is 17.6 Å². The molecule has 0 unspecified atom stereocenters. The number of carbonyl (C=O) groups excluding carboxylic acids is 1. The van der Waals surface area contributed by atoms with E-state index in [1.54, 1.807) is 18.9 Å². The van der Waals surface area contributed by atoms with E-state index in [1.165, 1.54) is 0 Å². The van der Waals surface area contributed by atoms with Gasteiger partial charge in [-0.25, -0.2) is 0 Å². The zero-order valence-corrected chi connectivity index (χ0v) is 20.1. The second-order valence-electron chi connectivity index (χ2n) is 7.88. The second-order valence-corrected chi connectivity index (χ2v) is 9.49. The van der Waals surface area contributed by atoms with Gasteiger partial charge in [-0.1, -0.05) is 16.8 Å². The molecule has 0 saturated carbocycles. The highest BCUT2D eigenvalue weighted by molar-refractivity contribution is 7.99. The highest BCUT2D eigenvalue weighted by atomic mass is 35.5. The third-order valence-corrected chi connectivity index (χ3v) is 6.88. The number of benzene rings is 2. The van der Waals surface area contributed by atoms with Crippen molar-refractivity contribution in [2.24, 2.45) is 5.92 Å². The van der Waals surface area contributed by atoms with E-state index in [0.717, 1.165) is 52.9 Å². The Morgan fingerprint density at radius 1 is 1.18 bits per heavy atom. The monoisotopic (exact) mass is 486 g/mol.